The fourth-order valence-electron chi connectivity index (χ4n) is 4.03. The molecule has 3 rings (SSSR count). The summed E-state index contributed by atoms with van der Waals surface area (Å²) in [6, 6.07) is 12.5. The summed E-state index contributed by atoms with van der Waals surface area (Å²) < 4.78 is 11.8. The summed E-state index contributed by atoms with van der Waals surface area (Å²) in [7, 11) is 4.04. The number of hydrogen-bond donors (Lipinski definition) is 0. The highest BCUT2D eigenvalue weighted by molar-refractivity contribution is 5.78. The number of nitrogens with zero attached hydrogens (tertiary/aromatic N) is 2. The van der Waals surface area contributed by atoms with Crippen molar-refractivity contribution < 1.29 is 14.3 Å². The first kappa shape index (κ1) is 22.2. The number of hydrogen-bond acceptors (Lipinski definition) is 4. The van der Waals surface area contributed by atoms with Crippen LogP contribution in [0.4, 0.5) is 5.69 Å². The molecule has 1 amide bonds. The summed E-state index contributed by atoms with van der Waals surface area (Å²) in [5.41, 5.74) is 5.57. The van der Waals surface area contributed by atoms with Crippen LogP contribution in [0.3, 0.4) is 0 Å². The maximum absolute atomic E-state index is 13.1. The van der Waals surface area contributed by atoms with E-state index in [9.17, 15) is 4.79 Å². The quantitative estimate of drug-likeness (QED) is 0.652. The molecule has 1 aliphatic heterocycles. The lowest BCUT2D eigenvalue weighted by Crippen LogP contribution is -2.39. The molecule has 0 aromatic heterocycles. The molecule has 2 aromatic carbocycles. The van der Waals surface area contributed by atoms with E-state index in [1.54, 1.807) is 0 Å². The molecule has 0 N–H and O–H groups in total. The molecule has 1 saturated heterocycles. The van der Waals surface area contributed by atoms with Gasteiger partial charge in [-0.15, -0.1) is 0 Å². The maximum Gasteiger partial charge on any atom is 0.260 e. The summed E-state index contributed by atoms with van der Waals surface area (Å²) in [4.78, 5) is 17.1. The van der Waals surface area contributed by atoms with Crippen molar-refractivity contribution in [1.29, 1.82) is 0 Å². The highest BCUT2D eigenvalue weighted by Gasteiger charge is 2.23. The Morgan fingerprint density at radius 2 is 1.77 bits per heavy atom. The highest BCUT2D eigenvalue weighted by atomic mass is 16.5. The number of benzene rings is 2. The molecule has 1 fully saturated rings. The standard InChI is InChI=1S/C25H34N2O3/c1-18-13-19(2)25(20(3)14-18)30-17-24(28)27(16-23-7-6-12-29-23)15-21-8-10-22(11-9-21)26(4)5/h8-11,13-14,23H,6-7,12,15-17H2,1-5H3/t23-/m1/s1. The van der Waals surface area contributed by atoms with Crippen molar-refractivity contribution in [3.63, 3.8) is 0 Å². The Morgan fingerprint density at radius 1 is 1.10 bits per heavy atom. The molecular weight excluding hydrogens is 376 g/mol. The number of carbonyl (C=O) groups is 1. The molecule has 1 atom stereocenters. The van der Waals surface area contributed by atoms with Gasteiger partial charge in [0.05, 0.1) is 6.10 Å². The lowest BCUT2D eigenvalue weighted by Gasteiger charge is -2.26. The van der Waals surface area contributed by atoms with Crippen molar-refractivity contribution in [2.24, 2.45) is 0 Å². The van der Waals surface area contributed by atoms with Gasteiger partial charge in [0.25, 0.3) is 5.91 Å². The molecule has 162 valence electrons. The Bertz CT molecular complexity index is 832. The normalized spacial score (nSPS) is 15.8. The molecule has 0 spiro atoms. The van der Waals surface area contributed by atoms with Crippen molar-refractivity contribution in [3.05, 3.63) is 58.7 Å². The van der Waals surface area contributed by atoms with Gasteiger partial charge in [-0.05, 0) is 62.4 Å². The number of aryl methyl sites for hydroxylation is 3. The summed E-state index contributed by atoms with van der Waals surface area (Å²) in [6.07, 6.45) is 2.17. The molecule has 30 heavy (non-hydrogen) atoms. The number of amides is 1. The second-order valence-electron chi connectivity index (χ2n) is 8.49. The van der Waals surface area contributed by atoms with Gasteiger partial charge in [0.2, 0.25) is 0 Å². The first-order valence-electron chi connectivity index (χ1n) is 10.7. The molecule has 1 heterocycles. The first-order valence-corrected chi connectivity index (χ1v) is 10.7. The minimum atomic E-state index is -0.0124. The van der Waals surface area contributed by atoms with Crippen LogP contribution in [0.1, 0.15) is 35.1 Å². The van der Waals surface area contributed by atoms with Crippen LogP contribution >= 0.6 is 0 Å². The van der Waals surface area contributed by atoms with Gasteiger partial charge in [-0.25, -0.2) is 0 Å². The number of rotatable bonds is 8. The second kappa shape index (κ2) is 9.98. The van der Waals surface area contributed by atoms with Gasteiger partial charge < -0.3 is 19.3 Å². The largest absolute Gasteiger partial charge is 0.483 e. The van der Waals surface area contributed by atoms with E-state index in [-0.39, 0.29) is 18.6 Å². The minimum absolute atomic E-state index is 0.0124. The van der Waals surface area contributed by atoms with E-state index in [2.05, 4.69) is 48.2 Å². The third kappa shape index (κ3) is 5.76. The lowest BCUT2D eigenvalue weighted by atomic mass is 10.1. The zero-order chi connectivity index (χ0) is 21.7. The van der Waals surface area contributed by atoms with Crippen LogP contribution in [0.2, 0.25) is 0 Å². The topological polar surface area (TPSA) is 42.0 Å². The maximum atomic E-state index is 13.1. The van der Waals surface area contributed by atoms with Gasteiger partial charge in [-0.2, -0.15) is 0 Å². The Labute approximate surface area is 180 Å². The van der Waals surface area contributed by atoms with Crippen LogP contribution in [0.5, 0.6) is 5.75 Å². The van der Waals surface area contributed by atoms with Gasteiger partial charge >= 0.3 is 0 Å². The predicted octanol–water partition coefficient (Wildman–Crippen LogP) is 4.26. The van der Waals surface area contributed by atoms with Crippen LogP contribution in [-0.4, -0.2) is 50.8 Å². The molecular formula is C25H34N2O3. The van der Waals surface area contributed by atoms with Crippen molar-refractivity contribution in [1.82, 2.24) is 4.90 Å². The van der Waals surface area contributed by atoms with Crippen molar-refractivity contribution >= 4 is 11.6 Å². The van der Waals surface area contributed by atoms with E-state index in [1.165, 1.54) is 5.56 Å². The Hall–Kier alpha value is -2.53. The Kier molecular flexibility index (Phi) is 7.38. The van der Waals surface area contributed by atoms with Crippen molar-refractivity contribution in [2.45, 2.75) is 46.3 Å². The molecule has 0 saturated carbocycles. The molecule has 0 aliphatic carbocycles. The Balaban J connectivity index is 1.70. The van der Waals surface area contributed by atoms with Crippen LogP contribution < -0.4 is 9.64 Å². The van der Waals surface area contributed by atoms with Crippen LogP contribution in [0, 0.1) is 20.8 Å². The molecule has 0 bridgehead atoms. The van der Waals surface area contributed by atoms with E-state index in [4.69, 9.17) is 9.47 Å². The zero-order valence-electron chi connectivity index (χ0n) is 18.9. The average molecular weight is 411 g/mol. The van der Waals surface area contributed by atoms with E-state index >= 15 is 0 Å². The zero-order valence-corrected chi connectivity index (χ0v) is 18.9. The van der Waals surface area contributed by atoms with Crippen LogP contribution in [-0.2, 0) is 16.1 Å². The smallest absolute Gasteiger partial charge is 0.260 e. The van der Waals surface area contributed by atoms with Crippen molar-refractivity contribution in [2.75, 3.05) is 38.8 Å². The highest BCUT2D eigenvalue weighted by Crippen LogP contribution is 2.25. The fraction of sp³-hybridized carbons (Fsp3) is 0.480. The van der Waals surface area contributed by atoms with Gasteiger partial charge in [-0.3, -0.25) is 4.79 Å². The molecule has 0 unspecified atom stereocenters. The molecule has 5 nitrogen and oxygen atoms in total. The van der Waals surface area contributed by atoms with E-state index < -0.39 is 0 Å². The summed E-state index contributed by atoms with van der Waals surface area (Å²) in [5, 5.41) is 0. The lowest BCUT2D eigenvalue weighted by molar-refractivity contribution is -0.135. The number of ether oxygens (including phenoxy) is 2. The summed E-state index contributed by atoms with van der Waals surface area (Å²) >= 11 is 0. The summed E-state index contributed by atoms with van der Waals surface area (Å²) in [5.74, 6) is 0.794. The number of anilines is 1. The van der Waals surface area contributed by atoms with Gasteiger partial charge in [0, 0.05) is 39.5 Å². The summed E-state index contributed by atoms with van der Waals surface area (Å²) in [6.45, 7) is 8.09. The molecule has 2 aromatic rings. The second-order valence-corrected chi connectivity index (χ2v) is 8.49. The van der Waals surface area contributed by atoms with E-state index in [1.807, 2.05) is 32.8 Å². The van der Waals surface area contributed by atoms with Crippen LogP contribution in [0.15, 0.2) is 36.4 Å². The first-order chi connectivity index (χ1) is 14.3. The van der Waals surface area contributed by atoms with Gasteiger partial charge in [-0.1, -0.05) is 29.8 Å². The van der Waals surface area contributed by atoms with Gasteiger partial charge in [0.15, 0.2) is 6.61 Å². The Morgan fingerprint density at radius 3 is 2.33 bits per heavy atom. The molecule has 1 aliphatic rings. The predicted molar refractivity (Wildman–Crippen MR) is 121 cm³/mol. The fourth-order valence-corrected chi connectivity index (χ4v) is 4.03. The van der Waals surface area contributed by atoms with Crippen molar-refractivity contribution in [3.8, 4) is 5.75 Å². The minimum Gasteiger partial charge on any atom is -0.483 e. The molecule has 5 heteroatoms. The van der Waals surface area contributed by atoms with Gasteiger partial charge in [0.1, 0.15) is 5.75 Å². The van der Waals surface area contributed by atoms with E-state index in [0.717, 1.165) is 47.6 Å². The SMILES string of the molecule is Cc1cc(C)c(OCC(=O)N(Cc2ccc(N(C)C)cc2)C[C@H]2CCCO2)c(C)c1. The monoisotopic (exact) mass is 410 g/mol. The third-order valence-electron chi connectivity index (χ3n) is 5.57. The molecule has 0 radical (unpaired) electrons. The third-order valence-corrected chi connectivity index (χ3v) is 5.57. The average Bonchev–Trinajstić information content (AvgIpc) is 3.20. The van der Waals surface area contributed by atoms with E-state index in [0.29, 0.717) is 13.1 Å². The number of carbonyl (C=O) groups excluding carboxylic acids is 1. The van der Waals surface area contributed by atoms with Crippen LogP contribution in [0.25, 0.3) is 0 Å².